The standard InChI is InChI=1S/C22H22Cl2N8O6S2.ClH/c1-32(2,3)10-20(33)30-29-16(8-17-22(34)28-14-6-11(23)4-5-13(14)26-17)21-27-15-7-12(24)18(39(25,35)36)9-19(15)40(37,38)31-21;/h4-7,9H,8,10H2,1-3H3,(H4-,25,27,28,30,31,33,34,35,36,37,38);1H. The van der Waals surface area contributed by atoms with Crippen molar-refractivity contribution in [3.8, 4) is 0 Å². The molecule has 1 aliphatic heterocycles. The van der Waals surface area contributed by atoms with Crippen LogP contribution in [-0.2, 0) is 31.2 Å². The van der Waals surface area contributed by atoms with E-state index in [1.807, 2.05) is 0 Å². The van der Waals surface area contributed by atoms with Crippen molar-refractivity contribution < 1.29 is 38.9 Å². The molecule has 0 radical (unpaired) electrons. The fourth-order valence-electron chi connectivity index (χ4n) is 3.60. The van der Waals surface area contributed by atoms with Gasteiger partial charge in [-0.25, -0.2) is 33.2 Å². The Labute approximate surface area is 250 Å². The van der Waals surface area contributed by atoms with E-state index in [-0.39, 0.29) is 52.0 Å². The largest absolute Gasteiger partial charge is 1.00 e. The van der Waals surface area contributed by atoms with Crippen LogP contribution in [0, 0.1) is 0 Å². The smallest absolute Gasteiger partial charge is 0.295 e. The summed E-state index contributed by atoms with van der Waals surface area (Å²) in [5.41, 5.74) is 2.09. The lowest BCUT2D eigenvalue weighted by Crippen LogP contribution is -3.00. The molecular formula is C22H23Cl3N8O6S2. The molecule has 19 heteroatoms. The van der Waals surface area contributed by atoms with Crippen molar-refractivity contribution in [2.75, 3.05) is 27.7 Å². The summed E-state index contributed by atoms with van der Waals surface area (Å²) in [5.74, 6) is -0.912. The van der Waals surface area contributed by atoms with E-state index in [2.05, 4.69) is 29.9 Å². The molecule has 0 saturated carbocycles. The van der Waals surface area contributed by atoms with Crippen LogP contribution in [0.2, 0.25) is 10.0 Å². The first-order chi connectivity index (χ1) is 18.4. The van der Waals surface area contributed by atoms with Gasteiger partial charge in [0.05, 0.1) is 42.9 Å². The highest BCUT2D eigenvalue weighted by molar-refractivity contribution is 7.90. The Hall–Kier alpha value is -2.96. The van der Waals surface area contributed by atoms with E-state index < -0.39 is 47.1 Å². The average molecular weight is 666 g/mol. The van der Waals surface area contributed by atoms with Gasteiger partial charge in [-0.15, -0.1) is 4.36 Å². The van der Waals surface area contributed by atoms with E-state index in [0.29, 0.717) is 16.1 Å². The second-order valence-electron chi connectivity index (χ2n) is 9.71. The second kappa shape index (κ2) is 11.7. The van der Waals surface area contributed by atoms with Crippen LogP contribution in [0.25, 0.3) is 11.0 Å². The van der Waals surface area contributed by atoms with Crippen LogP contribution >= 0.6 is 23.2 Å². The molecule has 0 aliphatic carbocycles. The number of H-pyrrole nitrogens is 1. The third-order valence-electron chi connectivity index (χ3n) is 5.29. The number of benzene rings is 2. The van der Waals surface area contributed by atoms with Gasteiger partial charge in [0, 0.05) is 11.4 Å². The minimum Gasteiger partial charge on any atom is -1.00 e. The van der Waals surface area contributed by atoms with Crippen LogP contribution in [0.15, 0.2) is 59.4 Å². The number of quaternary nitrogens is 1. The lowest BCUT2D eigenvalue weighted by atomic mass is 10.2. The van der Waals surface area contributed by atoms with Gasteiger partial charge in [-0.3, -0.25) is 14.1 Å². The predicted octanol–water partition coefficient (Wildman–Crippen LogP) is -1.35. The Bertz CT molecular complexity index is 1930. The Balaban J connectivity index is 0.00000462. The molecule has 4 rings (SSSR count). The number of aliphatic imine (C=N–C) groups is 1. The number of carbonyl (C=O) groups excluding carboxylic acids is 1. The van der Waals surface area contributed by atoms with Gasteiger partial charge in [0.25, 0.3) is 11.5 Å². The van der Waals surface area contributed by atoms with E-state index in [9.17, 15) is 26.8 Å². The number of halogens is 3. The molecule has 3 aromatic rings. The van der Waals surface area contributed by atoms with Crippen molar-refractivity contribution >= 4 is 77.4 Å². The maximum Gasteiger partial charge on any atom is 0.295 e. The fourth-order valence-corrected chi connectivity index (χ4v) is 6.07. The number of rotatable bonds is 7. The highest BCUT2D eigenvalue weighted by Gasteiger charge is 2.28. The summed E-state index contributed by atoms with van der Waals surface area (Å²) < 4.78 is 51.7. The number of hydrogen-bond acceptors (Lipinski definition) is 9. The van der Waals surface area contributed by atoms with Crippen LogP contribution in [0.1, 0.15) is 5.69 Å². The summed E-state index contributed by atoms with van der Waals surface area (Å²) in [6, 6.07) is 6.55. The molecule has 0 fully saturated rings. The molecule has 2 heterocycles. The second-order valence-corrected chi connectivity index (χ2v) is 13.7. The number of hydrazone groups is 1. The van der Waals surface area contributed by atoms with Crippen molar-refractivity contribution in [2.24, 2.45) is 19.6 Å². The molecule has 1 aliphatic rings. The molecule has 1 aromatic heterocycles. The van der Waals surface area contributed by atoms with Gasteiger partial charge < -0.3 is 21.9 Å². The number of amidine groups is 1. The molecule has 1 unspecified atom stereocenters. The van der Waals surface area contributed by atoms with E-state index in [1.54, 1.807) is 33.3 Å². The van der Waals surface area contributed by atoms with Gasteiger partial charge in [0.15, 0.2) is 22.4 Å². The first-order valence-corrected chi connectivity index (χ1v) is 15.0. The van der Waals surface area contributed by atoms with Crippen molar-refractivity contribution in [1.82, 2.24) is 15.4 Å². The van der Waals surface area contributed by atoms with Gasteiger partial charge in [-0.05, 0) is 30.3 Å². The third-order valence-corrected chi connectivity index (χ3v) is 8.22. The Morgan fingerprint density at radius 1 is 1.22 bits per heavy atom. The summed E-state index contributed by atoms with van der Waals surface area (Å²) in [7, 11) is -3.28. The summed E-state index contributed by atoms with van der Waals surface area (Å²) in [5, 5.41) is 9.26. The number of fused-ring (bicyclic) bond motifs is 2. The lowest BCUT2D eigenvalue weighted by Gasteiger charge is -2.22. The molecule has 5 N–H and O–H groups in total. The lowest BCUT2D eigenvalue weighted by molar-refractivity contribution is -0.862. The molecule has 0 saturated heterocycles. The molecule has 0 bridgehead atoms. The molecular weight excluding hydrogens is 643 g/mol. The van der Waals surface area contributed by atoms with E-state index in [4.69, 9.17) is 28.3 Å². The zero-order valence-electron chi connectivity index (χ0n) is 21.6. The predicted molar refractivity (Wildman–Crippen MR) is 151 cm³/mol. The number of sulfonamides is 1. The van der Waals surface area contributed by atoms with Gasteiger partial charge in [-0.1, -0.05) is 23.2 Å². The molecule has 2 aromatic carbocycles. The van der Waals surface area contributed by atoms with Gasteiger partial charge >= 0.3 is 0 Å². The van der Waals surface area contributed by atoms with E-state index in [0.717, 1.165) is 12.1 Å². The quantitative estimate of drug-likeness (QED) is 0.135. The first-order valence-electron chi connectivity index (χ1n) is 11.2. The number of likely N-dealkylation sites (N-methyl/N-ethyl adjacent to an activating group) is 1. The molecule has 41 heavy (non-hydrogen) atoms. The zero-order chi connectivity index (χ0) is 29.6. The molecule has 0 spiro atoms. The van der Waals surface area contributed by atoms with Crippen LogP contribution in [0.5, 0.6) is 0 Å². The number of nitrogens with zero attached hydrogens (tertiary/aromatic N) is 5. The average Bonchev–Trinajstić information content (AvgIpc) is 2.79. The fraction of sp³-hybridized carbons (Fsp3) is 0.227. The number of hydrogen-bond donors (Lipinski definition) is 4. The minimum absolute atomic E-state index is 0. The minimum atomic E-state index is -4.33. The van der Waals surface area contributed by atoms with E-state index >= 15 is 0 Å². The van der Waals surface area contributed by atoms with Crippen molar-refractivity contribution in [1.29, 1.82) is 0 Å². The third kappa shape index (κ3) is 7.66. The van der Waals surface area contributed by atoms with Crippen LogP contribution in [-0.4, -0.2) is 76.8 Å². The highest BCUT2D eigenvalue weighted by Crippen LogP contribution is 2.36. The van der Waals surface area contributed by atoms with Crippen molar-refractivity contribution in [2.45, 2.75) is 16.2 Å². The number of amides is 1. The number of primary sulfonamides is 1. The summed E-state index contributed by atoms with van der Waals surface area (Å²) >= 11 is 12.0. The maximum absolute atomic E-state index is 13.2. The number of aromatic amines is 1. The monoisotopic (exact) mass is 664 g/mol. The van der Waals surface area contributed by atoms with Gasteiger partial charge in [0.2, 0.25) is 10.0 Å². The van der Waals surface area contributed by atoms with E-state index in [1.165, 1.54) is 6.07 Å². The Kier molecular flexibility index (Phi) is 9.31. The zero-order valence-corrected chi connectivity index (χ0v) is 25.5. The topological polar surface area (TPSA) is 209 Å². The summed E-state index contributed by atoms with van der Waals surface area (Å²) in [6.45, 7) is 0.0293. The molecule has 14 nitrogen and oxygen atoms in total. The van der Waals surface area contributed by atoms with Crippen molar-refractivity contribution in [3.05, 3.63) is 56.4 Å². The van der Waals surface area contributed by atoms with Crippen molar-refractivity contribution in [3.63, 3.8) is 0 Å². The molecule has 220 valence electrons. The number of carbonyl (C=O) groups is 1. The molecule has 1 amide bonds. The number of nitrogens with one attached hydrogen (secondary N) is 2. The number of nitrogens with two attached hydrogens (primary N) is 1. The molecule has 1 atom stereocenters. The SMILES string of the molecule is C[N+](C)(C)CC(=O)N/N=C(/Cc1nc2ccc(Cl)cc2[nH]c1=O)C1=Nc2cc(Cl)c(S(N)(=O)=O)cc2S(=O)(O)=N1.[Cl-]. The summed E-state index contributed by atoms with van der Waals surface area (Å²) in [6.07, 6.45) is -0.366. The Morgan fingerprint density at radius 2 is 1.90 bits per heavy atom. The maximum atomic E-state index is 13.2. The van der Waals surface area contributed by atoms with Crippen LogP contribution < -0.4 is 28.5 Å². The Morgan fingerprint density at radius 3 is 2.54 bits per heavy atom. The van der Waals surface area contributed by atoms with Gasteiger partial charge in [0.1, 0.15) is 21.2 Å². The highest BCUT2D eigenvalue weighted by atomic mass is 35.5. The van der Waals surface area contributed by atoms with Crippen LogP contribution in [0.3, 0.4) is 0 Å². The normalized spacial score (nSPS) is 17.2. The van der Waals surface area contributed by atoms with Crippen LogP contribution in [0.4, 0.5) is 5.69 Å². The van der Waals surface area contributed by atoms with Gasteiger partial charge in [-0.2, -0.15) is 5.10 Å². The number of aromatic nitrogens is 2. The first kappa shape index (κ1) is 32.6. The summed E-state index contributed by atoms with van der Waals surface area (Å²) in [4.78, 5) is 35.5.